The van der Waals surface area contributed by atoms with Crippen molar-refractivity contribution in [2.24, 2.45) is 0 Å². The number of nitro benzene ring substituents is 2. The Balaban J connectivity index is 1.68. The van der Waals surface area contributed by atoms with Crippen LogP contribution in [-0.2, 0) is 4.74 Å². The number of ketones is 1. The average Bonchev–Trinajstić information content (AvgIpc) is 2.92. The Bertz CT molecular complexity index is 1530. The van der Waals surface area contributed by atoms with Crippen LogP contribution in [0.25, 0.3) is 0 Å². The molecule has 190 valence electrons. The highest BCUT2D eigenvalue weighted by atomic mass is 35.5. The van der Waals surface area contributed by atoms with Gasteiger partial charge in [0.2, 0.25) is 5.78 Å². The molecule has 0 aliphatic heterocycles. The number of carbonyl (C=O) groups is 2. The molecule has 0 saturated heterocycles. The summed E-state index contributed by atoms with van der Waals surface area (Å²) in [5.41, 5.74) is -0.105. The molecule has 0 saturated carbocycles. The Kier molecular flexibility index (Phi) is 8.15. The summed E-state index contributed by atoms with van der Waals surface area (Å²) in [5, 5.41) is 23.1. The number of nitro groups is 2. The Labute approximate surface area is 225 Å². The Morgan fingerprint density at radius 1 is 0.789 bits per heavy atom. The normalized spacial score (nSPS) is 11.4. The Hall–Kier alpha value is -4.54. The van der Waals surface area contributed by atoms with Gasteiger partial charge in [0.05, 0.1) is 26.4 Å². The molecule has 0 aromatic heterocycles. The van der Waals surface area contributed by atoms with E-state index in [-0.39, 0.29) is 10.5 Å². The number of ether oxygens (including phenoxy) is 1. The van der Waals surface area contributed by atoms with Crippen molar-refractivity contribution < 1.29 is 24.2 Å². The molecule has 4 rings (SSSR count). The van der Waals surface area contributed by atoms with Crippen molar-refractivity contribution in [1.29, 1.82) is 0 Å². The molecular formula is C27H17ClN2O7S. The maximum Gasteiger partial charge on any atom is 0.340 e. The number of non-ortho nitro benzene ring substituents is 1. The van der Waals surface area contributed by atoms with Crippen LogP contribution in [0, 0.1) is 20.2 Å². The first kappa shape index (κ1) is 26.5. The monoisotopic (exact) mass is 548 g/mol. The second-order valence-electron chi connectivity index (χ2n) is 7.83. The fourth-order valence-corrected chi connectivity index (χ4v) is 4.67. The van der Waals surface area contributed by atoms with Crippen molar-refractivity contribution in [3.05, 3.63) is 139 Å². The summed E-state index contributed by atoms with van der Waals surface area (Å²) >= 11 is 6.87. The molecule has 0 bridgehead atoms. The molecule has 0 amide bonds. The minimum atomic E-state index is -1.28. The van der Waals surface area contributed by atoms with Crippen LogP contribution in [0.2, 0.25) is 5.02 Å². The number of hydrogen-bond donors (Lipinski definition) is 0. The van der Waals surface area contributed by atoms with E-state index in [1.165, 1.54) is 12.1 Å². The van der Waals surface area contributed by atoms with E-state index >= 15 is 0 Å². The molecule has 0 spiro atoms. The SMILES string of the molecule is O=C(O[C@H](C(=O)c1ccccc1)c1ccc(Cl)cc1)c1ccccc1Sc1ccc([N+](=O)[O-])cc1[N+](=O)[O-]. The van der Waals surface area contributed by atoms with Gasteiger partial charge < -0.3 is 4.74 Å². The molecule has 4 aromatic rings. The molecule has 9 nitrogen and oxygen atoms in total. The fraction of sp³-hybridized carbons (Fsp3) is 0.0370. The van der Waals surface area contributed by atoms with Crippen LogP contribution in [0.5, 0.6) is 0 Å². The highest BCUT2D eigenvalue weighted by Crippen LogP contribution is 2.39. The van der Waals surface area contributed by atoms with Crippen molar-refractivity contribution in [3.63, 3.8) is 0 Å². The van der Waals surface area contributed by atoms with Crippen molar-refractivity contribution in [1.82, 2.24) is 0 Å². The van der Waals surface area contributed by atoms with Gasteiger partial charge in [-0.3, -0.25) is 25.0 Å². The van der Waals surface area contributed by atoms with E-state index in [1.54, 1.807) is 72.8 Å². The molecule has 38 heavy (non-hydrogen) atoms. The maximum absolute atomic E-state index is 13.4. The molecular weight excluding hydrogens is 532 g/mol. The third-order valence-electron chi connectivity index (χ3n) is 5.37. The highest BCUT2D eigenvalue weighted by Gasteiger charge is 2.28. The fourth-order valence-electron chi connectivity index (χ4n) is 3.53. The number of halogens is 1. The Morgan fingerprint density at radius 2 is 1.45 bits per heavy atom. The smallest absolute Gasteiger partial charge is 0.340 e. The van der Waals surface area contributed by atoms with Gasteiger partial charge in [0.1, 0.15) is 0 Å². The van der Waals surface area contributed by atoms with Crippen LogP contribution >= 0.6 is 23.4 Å². The summed E-state index contributed by atoms with van der Waals surface area (Å²) in [6.07, 6.45) is -1.28. The second-order valence-corrected chi connectivity index (χ2v) is 9.35. The molecule has 0 N–H and O–H groups in total. The van der Waals surface area contributed by atoms with Crippen molar-refractivity contribution >= 4 is 46.5 Å². The van der Waals surface area contributed by atoms with Crippen LogP contribution in [-0.4, -0.2) is 21.6 Å². The number of esters is 1. The van der Waals surface area contributed by atoms with Crippen LogP contribution < -0.4 is 0 Å². The van der Waals surface area contributed by atoms with Crippen LogP contribution in [0.3, 0.4) is 0 Å². The number of benzene rings is 4. The lowest BCUT2D eigenvalue weighted by Crippen LogP contribution is -2.20. The molecule has 11 heteroatoms. The molecule has 0 aliphatic carbocycles. The lowest BCUT2D eigenvalue weighted by atomic mass is 9.99. The quantitative estimate of drug-likeness (QED) is 0.0937. The number of carbonyl (C=O) groups excluding carboxylic acids is 2. The van der Waals surface area contributed by atoms with E-state index < -0.39 is 39.1 Å². The van der Waals surface area contributed by atoms with Crippen LogP contribution in [0.15, 0.2) is 107 Å². The zero-order valence-electron chi connectivity index (χ0n) is 19.4. The molecule has 0 unspecified atom stereocenters. The number of Topliss-reactive ketones (excluding diaryl/α,β-unsaturated/α-hetero) is 1. The number of nitrogens with zero attached hydrogens (tertiary/aromatic N) is 2. The molecule has 0 fully saturated rings. The molecule has 4 aromatic carbocycles. The van der Waals surface area contributed by atoms with Gasteiger partial charge in [-0.15, -0.1) is 0 Å². The first-order chi connectivity index (χ1) is 18.2. The van der Waals surface area contributed by atoms with Gasteiger partial charge >= 0.3 is 5.97 Å². The maximum atomic E-state index is 13.4. The van der Waals surface area contributed by atoms with Crippen LogP contribution in [0.1, 0.15) is 32.4 Å². The van der Waals surface area contributed by atoms with Gasteiger partial charge in [-0.2, -0.15) is 0 Å². The zero-order chi connectivity index (χ0) is 27.2. The van der Waals surface area contributed by atoms with E-state index in [0.717, 1.165) is 23.9 Å². The van der Waals surface area contributed by atoms with Crippen molar-refractivity contribution in [2.75, 3.05) is 0 Å². The summed E-state index contributed by atoms with van der Waals surface area (Å²) in [7, 11) is 0. The van der Waals surface area contributed by atoms with Gasteiger partial charge in [0.15, 0.2) is 6.10 Å². The number of hydrogen-bond acceptors (Lipinski definition) is 8. The molecule has 0 aliphatic rings. The molecule has 0 radical (unpaired) electrons. The van der Waals surface area contributed by atoms with Gasteiger partial charge in [0, 0.05) is 27.1 Å². The van der Waals surface area contributed by atoms with E-state index in [9.17, 15) is 29.8 Å². The van der Waals surface area contributed by atoms with Gasteiger partial charge in [-0.05, 0) is 30.3 Å². The van der Waals surface area contributed by atoms with E-state index in [2.05, 4.69) is 0 Å². The molecule has 1 atom stereocenters. The van der Waals surface area contributed by atoms with Crippen LogP contribution in [0.4, 0.5) is 11.4 Å². The minimum Gasteiger partial charge on any atom is -0.445 e. The second kappa shape index (κ2) is 11.7. The lowest BCUT2D eigenvalue weighted by Gasteiger charge is -2.18. The standard InChI is InChI=1S/C27H17ClN2O7S/c28-19-12-10-18(11-13-19)26(25(31)17-6-2-1-3-7-17)37-27(32)21-8-4-5-9-23(21)38-24-15-14-20(29(33)34)16-22(24)30(35)36/h1-16,26H/t26-/m0/s1. The van der Waals surface area contributed by atoms with Gasteiger partial charge in [0.25, 0.3) is 11.4 Å². The van der Waals surface area contributed by atoms with E-state index in [0.29, 0.717) is 21.0 Å². The summed E-state index contributed by atoms with van der Waals surface area (Å²) in [4.78, 5) is 48.3. The summed E-state index contributed by atoms with van der Waals surface area (Å²) in [5.74, 6) is -1.28. The lowest BCUT2D eigenvalue weighted by molar-refractivity contribution is -0.396. The van der Waals surface area contributed by atoms with Gasteiger partial charge in [-0.25, -0.2) is 4.79 Å². The zero-order valence-corrected chi connectivity index (χ0v) is 20.9. The summed E-state index contributed by atoms with van der Waals surface area (Å²) in [6.45, 7) is 0. The highest BCUT2D eigenvalue weighted by molar-refractivity contribution is 7.99. The largest absolute Gasteiger partial charge is 0.445 e. The summed E-state index contributed by atoms with van der Waals surface area (Å²) in [6, 6.07) is 24.2. The first-order valence-corrected chi connectivity index (χ1v) is 12.2. The Morgan fingerprint density at radius 3 is 2.11 bits per heavy atom. The van der Waals surface area contributed by atoms with E-state index in [4.69, 9.17) is 16.3 Å². The predicted molar refractivity (Wildman–Crippen MR) is 141 cm³/mol. The molecule has 0 heterocycles. The van der Waals surface area contributed by atoms with E-state index in [1.807, 2.05) is 0 Å². The summed E-state index contributed by atoms with van der Waals surface area (Å²) < 4.78 is 5.72. The van der Waals surface area contributed by atoms with Crippen molar-refractivity contribution in [3.8, 4) is 0 Å². The average molecular weight is 549 g/mol. The minimum absolute atomic E-state index is 0.0602. The third-order valence-corrected chi connectivity index (χ3v) is 6.76. The predicted octanol–water partition coefficient (Wildman–Crippen LogP) is 7.09. The topological polar surface area (TPSA) is 130 Å². The van der Waals surface area contributed by atoms with Gasteiger partial charge in [-0.1, -0.05) is 78.0 Å². The third kappa shape index (κ3) is 6.05. The van der Waals surface area contributed by atoms with Crippen molar-refractivity contribution in [2.45, 2.75) is 15.9 Å². The first-order valence-electron chi connectivity index (χ1n) is 11.0. The number of rotatable bonds is 9.